The molecule has 1 heteroatoms. The van der Waals surface area contributed by atoms with E-state index in [1.807, 2.05) is 19.1 Å². The summed E-state index contributed by atoms with van der Waals surface area (Å²) < 4.78 is 0. The zero-order valence-corrected chi connectivity index (χ0v) is 5.17. The maximum Gasteiger partial charge on any atom is 0.0752 e. The van der Waals surface area contributed by atoms with Crippen LogP contribution in [0, 0.1) is 0 Å². The van der Waals surface area contributed by atoms with Crippen LogP contribution in [0.4, 0.5) is 0 Å². The molecule has 0 rings (SSSR count). The van der Waals surface area contributed by atoms with Gasteiger partial charge in [0.15, 0.2) is 0 Å². The third-order valence-electron chi connectivity index (χ3n) is 0.885. The van der Waals surface area contributed by atoms with E-state index in [1.165, 1.54) is 6.08 Å². The molecular weight excluding hydrogens is 100 g/mol. The van der Waals surface area contributed by atoms with Crippen LogP contribution in [0.5, 0.6) is 0 Å². The van der Waals surface area contributed by atoms with E-state index in [2.05, 4.69) is 6.58 Å². The molecule has 0 heterocycles. The van der Waals surface area contributed by atoms with Gasteiger partial charge in [-0.05, 0) is 13.3 Å². The Morgan fingerprint density at radius 1 is 1.75 bits per heavy atom. The van der Waals surface area contributed by atoms with Crippen molar-refractivity contribution < 1.29 is 5.11 Å². The highest BCUT2D eigenvalue weighted by Gasteiger charge is 1.89. The van der Waals surface area contributed by atoms with Crippen molar-refractivity contribution in [3.05, 3.63) is 24.8 Å². The molecule has 1 N–H and O–H groups in total. The molecular formula is C7H12O. The van der Waals surface area contributed by atoms with Gasteiger partial charge in [-0.1, -0.05) is 18.2 Å². The molecule has 0 fully saturated rings. The van der Waals surface area contributed by atoms with Crippen molar-refractivity contribution in [1.29, 1.82) is 0 Å². The van der Waals surface area contributed by atoms with Gasteiger partial charge < -0.3 is 5.11 Å². The molecule has 0 aliphatic carbocycles. The molecule has 0 aromatic rings. The molecule has 0 saturated heterocycles. The third-order valence-corrected chi connectivity index (χ3v) is 0.885. The summed E-state index contributed by atoms with van der Waals surface area (Å²) in [6, 6.07) is 0. The number of hydrogen-bond donors (Lipinski definition) is 1. The minimum atomic E-state index is -0.369. The van der Waals surface area contributed by atoms with Crippen molar-refractivity contribution >= 4 is 0 Å². The van der Waals surface area contributed by atoms with Crippen molar-refractivity contribution in [2.45, 2.75) is 19.4 Å². The van der Waals surface area contributed by atoms with Gasteiger partial charge in [0.25, 0.3) is 0 Å². The number of aliphatic hydroxyl groups excluding tert-OH is 1. The Bertz CT molecular complexity index is 84.4. The topological polar surface area (TPSA) is 20.2 Å². The first-order chi connectivity index (χ1) is 3.81. The largest absolute Gasteiger partial charge is 0.389 e. The second-order valence-corrected chi connectivity index (χ2v) is 1.61. The standard InChI is InChI=1S/C7H12O/c1-3-5-6-7(8)4-2/h3-5,7-8H,2,6H2,1H3/b5-3+. The molecule has 0 aliphatic heterocycles. The lowest BCUT2D eigenvalue weighted by Gasteiger charge is -1.96. The maximum absolute atomic E-state index is 8.82. The average molecular weight is 112 g/mol. The van der Waals surface area contributed by atoms with E-state index >= 15 is 0 Å². The summed E-state index contributed by atoms with van der Waals surface area (Å²) in [5.74, 6) is 0. The molecule has 0 aromatic carbocycles. The summed E-state index contributed by atoms with van der Waals surface area (Å²) in [5, 5.41) is 8.82. The van der Waals surface area contributed by atoms with E-state index < -0.39 is 0 Å². The van der Waals surface area contributed by atoms with Crippen molar-refractivity contribution in [2.75, 3.05) is 0 Å². The minimum absolute atomic E-state index is 0.369. The molecule has 0 bridgehead atoms. The van der Waals surface area contributed by atoms with E-state index in [0.717, 1.165) is 0 Å². The van der Waals surface area contributed by atoms with Gasteiger partial charge in [0, 0.05) is 0 Å². The fourth-order valence-corrected chi connectivity index (χ4v) is 0.372. The van der Waals surface area contributed by atoms with Crippen LogP contribution >= 0.6 is 0 Å². The summed E-state index contributed by atoms with van der Waals surface area (Å²) in [6.45, 7) is 5.36. The van der Waals surface area contributed by atoms with Crippen molar-refractivity contribution in [2.24, 2.45) is 0 Å². The zero-order valence-electron chi connectivity index (χ0n) is 5.17. The van der Waals surface area contributed by atoms with Gasteiger partial charge in [0.2, 0.25) is 0 Å². The molecule has 1 unspecified atom stereocenters. The molecule has 0 aromatic heterocycles. The second kappa shape index (κ2) is 4.60. The predicted octanol–water partition coefficient (Wildman–Crippen LogP) is 1.50. The van der Waals surface area contributed by atoms with Crippen LogP contribution in [0.15, 0.2) is 24.8 Å². The van der Waals surface area contributed by atoms with E-state index in [0.29, 0.717) is 6.42 Å². The lowest BCUT2D eigenvalue weighted by Crippen LogP contribution is -1.97. The van der Waals surface area contributed by atoms with Gasteiger partial charge in [-0.3, -0.25) is 0 Å². The van der Waals surface area contributed by atoms with Crippen molar-refractivity contribution in [3.63, 3.8) is 0 Å². The summed E-state index contributed by atoms with van der Waals surface area (Å²) in [6.07, 6.45) is 5.66. The molecule has 1 atom stereocenters. The molecule has 0 saturated carbocycles. The lowest BCUT2D eigenvalue weighted by atomic mass is 10.2. The zero-order chi connectivity index (χ0) is 6.41. The van der Waals surface area contributed by atoms with Gasteiger partial charge in [0.1, 0.15) is 0 Å². The highest BCUT2D eigenvalue weighted by molar-refractivity contribution is 4.87. The van der Waals surface area contributed by atoms with Crippen LogP contribution in [0.25, 0.3) is 0 Å². The number of allylic oxidation sites excluding steroid dienone is 1. The molecule has 46 valence electrons. The maximum atomic E-state index is 8.82. The average Bonchev–Trinajstić information content (AvgIpc) is 1.83. The van der Waals surface area contributed by atoms with E-state index in [4.69, 9.17) is 5.11 Å². The van der Waals surface area contributed by atoms with Crippen LogP contribution in [0.2, 0.25) is 0 Å². The first-order valence-corrected chi connectivity index (χ1v) is 2.73. The Hall–Kier alpha value is -0.560. The lowest BCUT2D eigenvalue weighted by molar-refractivity contribution is 0.227. The first kappa shape index (κ1) is 7.44. The first-order valence-electron chi connectivity index (χ1n) is 2.73. The molecule has 0 radical (unpaired) electrons. The highest BCUT2D eigenvalue weighted by atomic mass is 16.3. The van der Waals surface area contributed by atoms with Gasteiger partial charge >= 0.3 is 0 Å². The Kier molecular flexibility index (Phi) is 4.27. The van der Waals surface area contributed by atoms with Gasteiger partial charge in [-0.25, -0.2) is 0 Å². The normalized spacial score (nSPS) is 14.2. The number of rotatable bonds is 3. The van der Waals surface area contributed by atoms with Crippen LogP contribution < -0.4 is 0 Å². The summed E-state index contributed by atoms with van der Waals surface area (Å²) in [7, 11) is 0. The molecule has 0 amide bonds. The fraction of sp³-hybridized carbons (Fsp3) is 0.429. The predicted molar refractivity (Wildman–Crippen MR) is 35.6 cm³/mol. The van der Waals surface area contributed by atoms with Gasteiger partial charge in [0.05, 0.1) is 6.10 Å². The number of aliphatic hydroxyl groups is 1. The van der Waals surface area contributed by atoms with E-state index in [9.17, 15) is 0 Å². The Balaban J connectivity index is 3.23. The summed E-state index contributed by atoms with van der Waals surface area (Å²) in [4.78, 5) is 0. The van der Waals surface area contributed by atoms with E-state index in [-0.39, 0.29) is 6.10 Å². The van der Waals surface area contributed by atoms with Crippen molar-refractivity contribution in [1.82, 2.24) is 0 Å². The van der Waals surface area contributed by atoms with Crippen LogP contribution in [0.1, 0.15) is 13.3 Å². The van der Waals surface area contributed by atoms with Gasteiger partial charge in [-0.2, -0.15) is 0 Å². The van der Waals surface area contributed by atoms with Crippen LogP contribution in [-0.4, -0.2) is 11.2 Å². The van der Waals surface area contributed by atoms with Crippen LogP contribution in [-0.2, 0) is 0 Å². The summed E-state index contributed by atoms with van der Waals surface area (Å²) >= 11 is 0. The second-order valence-electron chi connectivity index (χ2n) is 1.61. The molecule has 8 heavy (non-hydrogen) atoms. The Morgan fingerprint density at radius 3 is 2.75 bits per heavy atom. The van der Waals surface area contributed by atoms with Gasteiger partial charge in [-0.15, -0.1) is 6.58 Å². The molecule has 1 nitrogen and oxygen atoms in total. The summed E-state index contributed by atoms with van der Waals surface area (Å²) in [5.41, 5.74) is 0. The SMILES string of the molecule is C=CC(O)C/C=C/C. The monoisotopic (exact) mass is 112 g/mol. The molecule has 0 aliphatic rings. The molecule has 0 spiro atoms. The smallest absolute Gasteiger partial charge is 0.0752 e. The van der Waals surface area contributed by atoms with E-state index in [1.54, 1.807) is 0 Å². The fourth-order valence-electron chi connectivity index (χ4n) is 0.372. The quantitative estimate of drug-likeness (QED) is 0.548. The third kappa shape index (κ3) is 3.62. The van der Waals surface area contributed by atoms with Crippen LogP contribution in [0.3, 0.4) is 0 Å². The Morgan fingerprint density at radius 2 is 2.38 bits per heavy atom. The minimum Gasteiger partial charge on any atom is -0.389 e. The highest BCUT2D eigenvalue weighted by Crippen LogP contribution is 1.91. The number of hydrogen-bond acceptors (Lipinski definition) is 1. The van der Waals surface area contributed by atoms with Crippen molar-refractivity contribution in [3.8, 4) is 0 Å². The Labute approximate surface area is 50.3 Å².